The molecule has 4 heterocycles. The van der Waals surface area contributed by atoms with E-state index in [1.807, 2.05) is 60.0 Å². The lowest BCUT2D eigenvalue weighted by Crippen LogP contribution is -2.52. The summed E-state index contributed by atoms with van der Waals surface area (Å²) in [4.78, 5) is 26.8. The number of fused-ring (bicyclic) bond motifs is 1. The Hall–Kier alpha value is -3.98. The topological polar surface area (TPSA) is 107 Å². The fourth-order valence-corrected chi connectivity index (χ4v) is 5.68. The van der Waals surface area contributed by atoms with E-state index in [-0.39, 0.29) is 36.0 Å². The van der Waals surface area contributed by atoms with Crippen molar-refractivity contribution in [3.63, 3.8) is 0 Å². The van der Waals surface area contributed by atoms with Crippen molar-refractivity contribution < 1.29 is 14.6 Å². The first-order chi connectivity index (χ1) is 18.0. The van der Waals surface area contributed by atoms with Gasteiger partial charge in [0.1, 0.15) is 5.82 Å². The Kier molecular flexibility index (Phi) is 6.00. The Morgan fingerprint density at radius 2 is 1.68 bits per heavy atom. The van der Waals surface area contributed by atoms with Crippen LogP contribution < -0.4 is 0 Å². The summed E-state index contributed by atoms with van der Waals surface area (Å²) in [7, 11) is 0. The minimum absolute atomic E-state index is 0.00345. The second kappa shape index (κ2) is 9.48. The number of hydrogen-bond acceptors (Lipinski definition) is 6. The van der Waals surface area contributed by atoms with Crippen LogP contribution in [0.1, 0.15) is 37.1 Å². The molecule has 2 amide bonds. The molecule has 190 valence electrons. The van der Waals surface area contributed by atoms with Gasteiger partial charge in [-0.2, -0.15) is 10.1 Å². The normalized spacial score (nSPS) is 24.1. The fraction of sp³-hybridized carbons (Fsp3) is 0.357. The Bertz CT molecular complexity index is 1400. The Morgan fingerprint density at radius 1 is 0.946 bits per heavy atom. The number of carbonyl (C=O) groups is 1. The third-order valence-electron chi connectivity index (χ3n) is 7.36. The Morgan fingerprint density at radius 3 is 2.41 bits per heavy atom. The number of hydrogen-bond donors (Lipinski definition) is 2. The third-order valence-corrected chi connectivity index (χ3v) is 7.36. The summed E-state index contributed by atoms with van der Waals surface area (Å²) in [6.07, 6.45) is 3.54. The van der Waals surface area contributed by atoms with E-state index in [1.165, 1.54) is 0 Å². The molecule has 2 aromatic heterocycles. The van der Waals surface area contributed by atoms with Crippen LogP contribution in [0.3, 0.4) is 0 Å². The number of benzene rings is 2. The number of carbonyl (C=O) groups excluding carboxylic acids is 1. The van der Waals surface area contributed by atoms with E-state index in [1.54, 1.807) is 12.4 Å². The Labute approximate surface area is 215 Å². The molecule has 2 aromatic carbocycles. The zero-order valence-electron chi connectivity index (χ0n) is 20.9. The number of aromatic amines is 1. The van der Waals surface area contributed by atoms with Gasteiger partial charge >= 0.3 is 6.03 Å². The number of morpholine rings is 1. The zero-order valence-corrected chi connectivity index (χ0v) is 20.9. The molecule has 9 heteroatoms. The molecule has 0 spiro atoms. The lowest BCUT2D eigenvalue weighted by Gasteiger charge is -2.37. The number of likely N-dealkylation sites (tertiary alicyclic amines) is 1. The highest BCUT2D eigenvalue weighted by Gasteiger charge is 2.41. The lowest BCUT2D eigenvalue weighted by molar-refractivity contribution is -0.0577. The first-order valence-corrected chi connectivity index (χ1v) is 12.7. The number of rotatable bonds is 3. The zero-order chi connectivity index (χ0) is 25.5. The van der Waals surface area contributed by atoms with Crippen molar-refractivity contribution in [2.75, 3.05) is 26.2 Å². The van der Waals surface area contributed by atoms with Crippen LogP contribution in [-0.4, -0.2) is 79.5 Å². The first kappa shape index (κ1) is 23.4. The number of aromatic nitrogens is 4. The molecule has 0 bridgehead atoms. The monoisotopic (exact) mass is 498 g/mol. The molecule has 2 aliphatic heterocycles. The molecule has 0 radical (unpaired) electrons. The van der Waals surface area contributed by atoms with Gasteiger partial charge in [0, 0.05) is 49.8 Å². The highest BCUT2D eigenvalue weighted by Crippen LogP contribution is 2.40. The summed E-state index contributed by atoms with van der Waals surface area (Å²) in [6.45, 7) is 6.20. The van der Waals surface area contributed by atoms with Gasteiger partial charge in [0.05, 0.1) is 29.3 Å². The van der Waals surface area contributed by atoms with Crippen LogP contribution >= 0.6 is 0 Å². The predicted molar refractivity (Wildman–Crippen MR) is 139 cm³/mol. The number of ether oxygens (including phenoxy) is 1. The van der Waals surface area contributed by atoms with E-state index in [9.17, 15) is 9.90 Å². The van der Waals surface area contributed by atoms with Crippen molar-refractivity contribution in [3.05, 3.63) is 72.3 Å². The van der Waals surface area contributed by atoms with Crippen molar-refractivity contribution in [1.82, 2.24) is 30.0 Å². The van der Waals surface area contributed by atoms with Gasteiger partial charge in [0.2, 0.25) is 5.88 Å². The van der Waals surface area contributed by atoms with E-state index < -0.39 is 0 Å². The van der Waals surface area contributed by atoms with E-state index in [0.29, 0.717) is 42.9 Å². The molecular formula is C28H30N6O3. The average Bonchev–Trinajstić information content (AvgIpc) is 3.59. The largest absolute Gasteiger partial charge is 0.493 e. The number of nitrogens with zero attached hydrogens (tertiary/aromatic N) is 5. The van der Waals surface area contributed by atoms with Gasteiger partial charge in [-0.25, -0.2) is 9.78 Å². The van der Waals surface area contributed by atoms with Crippen molar-refractivity contribution in [1.29, 1.82) is 0 Å². The summed E-state index contributed by atoms with van der Waals surface area (Å²) in [5, 5.41) is 18.4. The fourth-order valence-electron chi connectivity index (χ4n) is 5.68. The van der Waals surface area contributed by atoms with E-state index >= 15 is 0 Å². The molecule has 4 atom stereocenters. The standard InChI is InChI=1S/C28H30N6O3/c1-17-13-33(14-18(2)37-17)28(36)34-15-23(19-6-4-3-5-7-19)24(16-34)26-31-25-9-8-20(21-11-29-30-12-21)10-22(25)27(35)32-26/h3-12,17-18,23-24H,13-16H2,1-2H3,(H,29,30)(H,31,32,35)/t17-,18+,23-,24+/m0/s1. The number of H-pyrrole nitrogens is 1. The highest BCUT2D eigenvalue weighted by atomic mass is 16.5. The summed E-state index contributed by atoms with van der Waals surface area (Å²) in [6, 6.07) is 15.9. The maximum absolute atomic E-state index is 13.6. The van der Waals surface area contributed by atoms with Gasteiger partial charge in [-0.1, -0.05) is 36.4 Å². The van der Waals surface area contributed by atoms with Crippen LogP contribution in [0.2, 0.25) is 0 Å². The van der Waals surface area contributed by atoms with Gasteiger partial charge in [0.15, 0.2) is 0 Å². The number of urea groups is 1. The van der Waals surface area contributed by atoms with Gasteiger partial charge < -0.3 is 19.6 Å². The summed E-state index contributed by atoms with van der Waals surface area (Å²) >= 11 is 0. The predicted octanol–water partition coefficient (Wildman–Crippen LogP) is 4.14. The molecule has 2 saturated heterocycles. The number of amides is 2. The van der Waals surface area contributed by atoms with Crippen molar-refractivity contribution in [3.8, 4) is 17.0 Å². The maximum atomic E-state index is 13.6. The van der Waals surface area contributed by atoms with Gasteiger partial charge in [-0.15, -0.1) is 0 Å². The van der Waals surface area contributed by atoms with Crippen LogP contribution in [0.5, 0.6) is 5.88 Å². The molecule has 0 aliphatic carbocycles. The molecule has 2 fully saturated rings. The van der Waals surface area contributed by atoms with Gasteiger partial charge in [0.25, 0.3) is 0 Å². The number of aromatic hydroxyl groups is 1. The van der Waals surface area contributed by atoms with Gasteiger partial charge in [-0.3, -0.25) is 5.10 Å². The number of nitrogens with one attached hydrogen (secondary N) is 1. The second-order valence-corrected chi connectivity index (χ2v) is 10.1. The average molecular weight is 499 g/mol. The molecule has 0 saturated carbocycles. The lowest BCUT2D eigenvalue weighted by atomic mass is 9.88. The SMILES string of the molecule is C[C@@H]1CN(C(=O)N2C[C@@H](c3ccccc3)[C@H](c3nc(O)c4cc(-c5cn[nH]c5)ccc4n3)C2)C[C@H](C)O1. The van der Waals surface area contributed by atoms with E-state index in [2.05, 4.69) is 27.3 Å². The molecule has 37 heavy (non-hydrogen) atoms. The summed E-state index contributed by atoms with van der Waals surface area (Å²) in [5.74, 6) is 0.362. The summed E-state index contributed by atoms with van der Waals surface area (Å²) < 4.78 is 5.83. The van der Waals surface area contributed by atoms with Crippen LogP contribution in [-0.2, 0) is 4.74 Å². The Balaban J connectivity index is 1.34. The van der Waals surface area contributed by atoms with Crippen LogP contribution in [0.25, 0.3) is 22.0 Å². The van der Waals surface area contributed by atoms with E-state index in [0.717, 1.165) is 16.7 Å². The van der Waals surface area contributed by atoms with Crippen LogP contribution in [0.15, 0.2) is 60.9 Å². The molecule has 9 nitrogen and oxygen atoms in total. The van der Waals surface area contributed by atoms with Crippen LogP contribution in [0.4, 0.5) is 4.79 Å². The summed E-state index contributed by atoms with van der Waals surface area (Å²) in [5.41, 5.74) is 3.64. The van der Waals surface area contributed by atoms with Crippen molar-refractivity contribution >= 4 is 16.9 Å². The molecule has 2 aliphatic rings. The molecule has 4 aromatic rings. The van der Waals surface area contributed by atoms with E-state index in [4.69, 9.17) is 9.72 Å². The quantitative estimate of drug-likeness (QED) is 0.440. The smallest absolute Gasteiger partial charge is 0.320 e. The minimum Gasteiger partial charge on any atom is -0.493 e. The van der Waals surface area contributed by atoms with Crippen molar-refractivity contribution in [2.24, 2.45) is 0 Å². The molecule has 2 N–H and O–H groups in total. The molecule has 6 rings (SSSR count). The molecule has 0 unspecified atom stereocenters. The van der Waals surface area contributed by atoms with Gasteiger partial charge in [-0.05, 0) is 37.1 Å². The second-order valence-electron chi connectivity index (χ2n) is 10.1. The maximum Gasteiger partial charge on any atom is 0.320 e. The third kappa shape index (κ3) is 4.51. The van der Waals surface area contributed by atoms with Crippen molar-refractivity contribution in [2.45, 2.75) is 37.9 Å². The molecular weight excluding hydrogens is 468 g/mol. The minimum atomic E-state index is -0.147. The first-order valence-electron chi connectivity index (χ1n) is 12.7. The highest BCUT2D eigenvalue weighted by molar-refractivity contribution is 5.88. The van der Waals surface area contributed by atoms with Crippen LogP contribution in [0, 0.1) is 0 Å².